The lowest BCUT2D eigenvalue weighted by Gasteiger charge is -2.21. The van der Waals surface area contributed by atoms with Crippen molar-refractivity contribution in [2.24, 2.45) is 4.99 Å². The number of hydrogen-bond donors (Lipinski definition) is 1. The van der Waals surface area contributed by atoms with Crippen LogP contribution in [0.25, 0.3) is 0 Å². The topological polar surface area (TPSA) is 63.5 Å². The molecule has 3 rings (SSSR count). The van der Waals surface area contributed by atoms with E-state index in [4.69, 9.17) is 0 Å². The first-order chi connectivity index (χ1) is 11.5. The van der Waals surface area contributed by atoms with E-state index >= 15 is 0 Å². The maximum atomic E-state index is 12.9. The highest BCUT2D eigenvalue weighted by atomic mass is 32.2. The van der Waals surface area contributed by atoms with Gasteiger partial charge in [0.25, 0.3) is 5.91 Å². The standard InChI is InChI=1S/C18H19N3O2S/c1-11(2)19-16-6-4-5-9-21(16)18(23)13-7-8-15-14(10-13)20-17(22)12(3)24-15/h4-12H,1-3H3,(H,20,22)/t12-/m1/s1. The van der Waals surface area contributed by atoms with Crippen LogP contribution in [0, 0.1) is 0 Å². The minimum absolute atomic E-state index is 0.0417. The van der Waals surface area contributed by atoms with Crippen molar-refractivity contribution in [3.8, 4) is 0 Å². The molecule has 6 heteroatoms. The summed E-state index contributed by atoms with van der Waals surface area (Å²) in [5.74, 6) is -0.212. The Kier molecular flexibility index (Phi) is 4.57. The Morgan fingerprint density at radius 3 is 2.83 bits per heavy atom. The summed E-state index contributed by atoms with van der Waals surface area (Å²) in [6.07, 6.45) is 1.71. The predicted molar refractivity (Wildman–Crippen MR) is 95.3 cm³/mol. The third kappa shape index (κ3) is 3.28. The summed E-state index contributed by atoms with van der Waals surface area (Å²) in [6.45, 7) is 5.80. The second kappa shape index (κ2) is 6.65. The quantitative estimate of drug-likeness (QED) is 0.913. The van der Waals surface area contributed by atoms with E-state index in [9.17, 15) is 9.59 Å². The third-order valence-electron chi connectivity index (χ3n) is 3.60. The first kappa shape index (κ1) is 16.5. The molecule has 0 radical (unpaired) electrons. The lowest BCUT2D eigenvalue weighted by molar-refractivity contribution is -0.115. The van der Waals surface area contributed by atoms with Gasteiger partial charge in [-0.15, -0.1) is 11.8 Å². The summed E-state index contributed by atoms with van der Waals surface area (Å²) in [4.78, 5) is 30.2. The van der Waals surface area contributed by atoms with E-state index in [1.165, 1.54) is 16.3 Å². The van der Waals surface area contributed by atoms with E-state index in [0.29, 0.717) is 16.7 Å². The number of thioether (sulfide) groups is 1. The molecule has 124 valence electrons. The van der Waals surface area contributed by atoms with Gasteiger partial charge in [0, 0.05) is 22.7 Å². The molecule has 24 heavy (non-hydrogen) atoms. The van der Waals surface area contributed by atoms with E-state index < -0.39 is 0 Å². The van der Waals surface area contributed by atoms with Crippen LogP contribution in [0.15, 0.2) is 52.5 Å². The maximum absolute atomic E-state index is 12.9. The molecule has 2 aromatic rings. The maximum Gasteiger partial charge on any atom is 0.263 e. The van der Waals surface area contributed by atoms with Crippen molar-refractivity contribution in [3.05, 3.63) is 53.6 Å². The van der Waals surface area contributed by atoms with Crippen molar-refractivity contribution in [1.82, 2.24) is 4.57 Å². The fraction of sp³-hybridized carbons (Fsp3) is 0.278. The van der Waals surface area contributed by atoms with Crippen LogP contribution in [-0.2, 0) is 4.79 Å². The van der Waals surface area contributed by atoms with E-state index in [-0.39, 0.29) is 23.1 Å². The van der Waals surface area contributed by atoms with Gasteiger partial charge in [0.15, 0.2) is 0 Å². The fourth-order valence-electron chi connectivity index (χ4n) is 2.46. The van der Waals surface area contributed by atoms with E-state index in [1.807, 2.05) is 39.0 Å². The lowest BCUT2D eigenvalue weighted by Crippen LogP contribution is -2.29. The van der Waals surface area contributed by atoms with Crippen molar-refractivity contribution in [2.75, 3.05) is 5.32 Å². The summed E-state index contributed by atoms with van der Waals surface area (Å²) in [5, 5.41) is 2.73. The first-order valence-corrected chi connectivity index (χ1v) is 8.71. The van der Waals surface area contributed by atoms with Gasteiger partial charge in [0.1, 0.15) is 5.49 Å². The number of carbonyl (C=O) groups is 2. The number of aromatic nitrogens is 1. The Labute approximate surface area is 144 Å². The highest BCUT2D eigenvalue weighted by Crippen LogP contribution is 2.35. The van der Waals surface area contributed by atoms with Crippen molar-refractivity contribution in [1.29, 1.82) is 0 Å². The van der Waals surface area contributed by atoms with Gasteiger partial charge in [-0.2, -0.15) is 0 Å². The van der Waals surface area contributed by atoms with Crippen LogP contribution in [0.2, 0.25) is 0 Å². The molecule has 1 amide bonds. The molecule has 0 spiro atoms. The van der Waals surface area contributed by atoms with Gasteiger partial charge in [-0.25, -0.2) is 0 Å². The van der Waals surface area contributed by atoms with Crippen molar-refractivity contribution in [3.63, 3.8) is 0 Å². The number of nitrogens with zero attached hydrogens (tertiary/aromatic N) is 2. The summed E-state index contributed by atoms with van der Waals surface area (Å²) < 4.78 is 1.53. The molecule has 1 N–H and O–H groups in total. The average Bonchev–Trinajstić information content (AvgIpc) is 2.55. The Morgan fingerprint density at radius 2 is 2.08 bits per heavy atom. The molecule has 2 heterocycles. The van der Waals surface area contributed by atoms with Crippen molar-refractivity contribution < 1.29 is 9.59 Å². The monoisotopic (exact) mass is 341 g/mol. The van der Waals surface area contributed by atoms with Crippen LogP contribution in [0.5, 0.6) is 0 Å². The number of benzene rings is 1. The Hall–Kier alpha value is -2.34. The van der Waals surface area contributed by atoms with E-state index in [2.05, 4.69) is 10.3 Å². The zero-order chi connectivity index (χ0) is 17.3. The van der Waals surface area contributed by atoms with Gasteiger partial charge in [-0.1, -0.05) is 6.07 Å². The molecule has 1 atom stereocenters. The molecule has 0 aliphatic carbocycles. The van der Waals surface area contributed by atoms with Crippen LogP contribution < -0.4 is 10.8 Å². The number of hydrogen-bond acceptors (Lipinski definition) is 4. The minimum Gasteiger partial charge on any atom is -0.324 e. The van der Waals surface area contributed by atoms with Gasteiger partial charge >= 0.3 is 0 Å². The highest BCUT2D eigenvalue weighted by Gasteiger charge is 2.24. The number of anilines is 1. The number of carbonyl (C=O) groups excluding carboxylic acids is 2. The number of rotatable bonds is 2. The summed E-state index contributed by atoms with van der Waals surface area (Å²) in [7, 11) is 0. The molecule has 0 saturated carbocycles. The average molecular weight is 341 g/mol. The largest absolute Gasteiger partial charge is 0.324 e. The molecular weight excluding hydrogens is 322 g/mol. The van der Waals surface area contributed by atoms with Crippen LogP contribution in [-0.4, -0.2) is 27.7 Å². The first-order valence-electron chi connectivity index (χ1n) is 7.83. The molecule has 0 unspecified atom stereocenters. The molecule has 1 aromatic carbocycles. The Bertz CT molecular complexity index is 871. The summed E-state index contributed by atoms with van der Waals surface area (Å²) in [5.41, 5.74) is 1.82. The molecule has 5 nitrogen and oxygen atoms in total. The molecule has 0 bridgehead atoms. The van der Waals surface area contributed by atoms with Gasteiger partial charge in [-0.3, -0.25) is 19.1 Å². The molecule has 1 aromatic heterocycles. The van der Waals surface area contributed by atoms with Crippen LogP contribution in [0.4, 0.5) is 5.69 Å². The number of nitrogens with one attached hydrogen (secondary N) is 1. The Morgan fingerprint density at radius 1 is 1.29 bits per heavy atom. The zero-order valence-corrected chi connectivity index (χ0v) is 14.6. The lowest BCUT2D eigenvalue weighted by atomic mass is 10.1. The van der Waals surface area contributed by atoms with Crippen LogP contribution in [0.3, 0.4) is 0 Å². The van der Waals surface area contributed by atoms with Gasteiger partial charge < -0.3 is 5.32 Å². The molecule has 0 saturated heterocycles. The summed E-state index contributed by atoms with van der Waals surface area (Å²) in [6, 6.07) is 11.0. The zero-order valence-electron chi connectivity index (χ0n) is 13.8. The number of amides is 1. The minimum atomic E-state index is -0.171. The van der Waals surface area contributed by atoms with Crippen LogP contribution >= 0.6 is 11.8 Å². The van der Waals surface area contributed by atoms with Crippen LogP contribution in [0.1, 0.15) is 31.1 Å². The fourth-order valence-corrected chi connectivity index (χ4v) is 3.39. The third-order valence-corrected chi connectivity index (χ3v) is 4.78. The Balaban J connectivity index is 2.01. The highest BCUT2D eigenvalue weighted by molar-refractivity contribution is 8.00. The molecule has 0 fully saturated rings. The van der Waals surface area contributed by atoms with E-state index in [0.717, 1.165) is 4.90 Å². The van der Waals surface area contributed by atoms with Gasteiger partial charge in [0.2, 0.25) is 5.91 Å². The van der Waals surface area contributed by atoms with Crippen molar-refractivity contribution in [2.45, 2.75) is 37.0 Å². The number of fused-ring (bicyclic) bond motifs is 1. The molecule has 1 aliphatic heterocycles. The predicted octanol–water partition coefficient (Wildman–Crippen LogP) is 2.92. The molecular formula is C18H19N3O2S. The number of pyridine rings is 1. The smallest absolute Gasteiger partial charge is 0.263 e. The summed E-state index contributed by atoms with van der Waals surface area (Å²) >= 11 is 1.50. The second-order valence-electron chi connectivity index (χ2n) is 5.92. The van der Waals surface area contributed by atoms with E-state index in [1.54, 1.807) is 24.4 Å². The normalized spacial score (nSPS) is 17.6. The van der Waals surface area contributed by atoms with Gasteiger partial charge in [0.05, 0.1) is 10.9 Å². The van der Waals surface area contributed by atoms with Gasteiger partial charge in [-0.05, 0) is 51.1 Å². The molecule has 1 aliphatic rings. The SMILES string of the molecule is CC(C)N=c1ccccn1C(=O)c1ccc2c(c1)NC(=O)[C@@H](C)S2. The van der Waals surface area contributed by atoms with Crippen molar-refractivity contribution >= 4 is 29.3 Å². The second-order valence-corrected chi connectivity index (χ2v) is 7.30.